The number of methoxy groups -OCH3 is 1. The van der Waals surface area contributed by atoms with Crippen LogP contribution in [0, 0.1) is 5.41 Å². The first-order valence-corrected chi connectivity index (χ1v) is 7.39. The van der Waals surface area contributed by atoms with Gasteiger partial charge in [0.1, 0.15) is 18.1 Å². The maximum Gasteiger partial charge on any atom is 0.338 e. The molecule has 120 valence electrons. The largest absolute Gasteiger partial charge is 0.466 e. The third kappa shape index (κ3) is 2.52. The highest BCUT2D eigenvalue weighted by Gasteiger charge is 2.48. The van der Waals surface area contributed by atoms with E-state index in [1.54, 1.807) is 6.92 Å². The van der Waals surface area contributed by atoms with Crippen LogP contribution >= 0.6 is 0 Å². The summed E-state index contributed by atoms with van der Waals surface area (Å²) in [6.45, 7) is 3.83. The Morgan fingerprint density at radius 2 is 1.96 bits per heavy atom. The van der Waals surface area contributed by atoms with E-state index in [1.165, 1.54) is 7.11 Å². The summed E-state index contributed by atoms with van der Waals surface area (Å²) in [5.41, 5.74) is 1.06. The number of rotatable bonds is 2. The Balaban J connectivity index is 2.19. The molecule has 1 atom stereocenters. The SMILES string of the molecule is COC(=O)C1=C(C)OC(c2ccccc2)=C2C(=O)OCC2(C)C1. The van der Waals surface area contributed by atoms with Crippen molar-refractivity contribution in [3.63, 3.8) is 0 Å². The topological polar surface area (TPSA) is 61.8 Å². The van der Waals surface area contributed by atoms with Crippen molar-refractivity contribution in [2.24, 2.45) is 5.41 Å². The number of esters is 2. The van der Waals surface area contributed by atoms with Gasteiger partial charge in [-0.3, -0.25) is 0 Å². The molecule has 0 spiro atoms. The maximum absolute atomic E-state index is 12.3. The van der Waals surface area contributed by atoms with Crippen molar-refractivity contribution in [1.29, 1.82) is 0 Å². The molecule has 5 heteroatoms. The molecule has 2 heterocycles. The summed E-state index contributed by atoms with van der Waals surface area (Å²) >= 11 is 0. The normalized spacial score (nSPS) is 23.9. The summed E-state index contributed by atoms with van der Waals surface area (Å²) in [6.07, 6.45) is 0.336. The molecule has 1 unspecified atom stereocenters. The molecule has 5 nitrogen and oxygen atoms in total. The summed E-state index contributed by atoms with van der Waals surface area (Å²) in [5.74, 6) is 0.0561. The van der Waals surface area contributed by atoms with E-state index < -0.39 is 17.4 Å². The fraction of sp³-hybridized carbons (Fsp3) is 0.333. The molecular weight excluding hydrogens is 296 g/mol. The molecular formula is C18H18O5. The summed E-state index contributed by atoms with van der Waals surface area (Å²) < 4.78 is 16.1. The quantitative estimate of drug-likeness (QED) is 0.786. The van der Waals surface area contributed by atoms with E-state index >= 15 is 0 Å². The molecule has 23 heavy (non-hydrogen) atoms. The van der Waals surface area contributed by atoms with Crippen LogP contribution in [0.5, 0.6) is 0 Å². The highest BCUT2D eigenvalue weighted by Crippen LogP contribution is 2.47. The molecule has 1 fully saturated rings. The van der Waals surface area contributed by atoms with Crippen LogP contribution in [0.15, 0.2) is 47.2 Å². The van der Waals surface area contributed by atoms with E-state index in [9.17, 15) is 9.59 Å². The van der Waals surface area contributed by atoms with Crippen LogP contribution in [0.3, 0.4) is 0 Å². The van der Waals surface area contributed by atoms with Gasteiger partial charge in [-0.1, -0.05) is 37.3 Å². The lowest BCUT2D eigenvalue weighted by molar-refractivity contribution is -0.136. The Labute approximate surface area is 134 Å². The second-order valence-electron chi connectivity index (χ2n) is 6.01. The summed E-state index contributed by atoms with van der Waals surface area (Å²) in [7, 11) is 1.33. The molecule has 3 rings (SSSR count). The molecule has 1 aromatic carbocycles. The van der Waals surface area contributed by atoms with E-state index in [2.05, 4.69) is 0 Å². The molecule has 1 aromatic rings. The van der Waals surface area contributed by atoms with E-state index in [4.69, 9.17) is 14.2 Å². The van der Waals surface area contributed by atoms with Gasteiger partial charge in [0.15, 0.2) is 0 Å². The van der Waals surface area contributed by atoms with Crippen molar-refractivity contribution in [2.75, 3.05) is 13.7 Å². The molecule has 0 bridgehead atoms. The predicted molar refractivity (Wildman–Crippen MR) is 82.8 cm³/mol. The van der Waals surface area contributed by atoms with Crippen LogP contribution in [0.1, 0.15) is 25.8 Å². The maximum atomic E-state index is 12.3. The van der Waals surface area contributed by atoms with E-state index in [1.807, 2.05) is 37.3 Å². The summed E-state index contributed by atoms with van der Waals surface area (Å²) in [6, 6.07) is 9.36. The second kappa shape index (κ2) is 5.57. The van der Waals surface area contributed by atoms with Crippen molar-refractivity contribution in [3.05, 3.63) is 52.8 Å². The number of ether oxygens (including phenoxy) is 3. The standard InChI is InChI=1S/C18H18O5/c1-11-13(16(19)21-3)9-18(2)10-22-17(20)14(18)15(23-11)12-7-5-4-6-8-12/h4-8H,9-10H2,1-3H3. The first kappa shape index (κ1) is 15.3. The lowest BCUT2D eigenvalue weighted by Crippen LogP contribution is -2.23. The van der Waals surface area contributed by atoms with Gasteiger partial charge in [-0.25, -0.2) is 9.59 Å². The van der Waals surface area contributed by atoms with Crippen molar-refractivity contribution in [2.45, 2.75) is 20.3 Å². The molecule has 0 radical (unpaired) electrons. The molecule has 0 saturated carbocycles. The minimum atomic E-state index is -0.621. The predicted octanol–water partition coefficient (Wildman–Crippen LogP) is 2.83. The molecule has 0 amide bonds. The molecule has 0 aromatic heterocycles. The first-order chi connectivity index (χ1) is 11.0. The van der Waals surface area contributed by atoms with Gasteiger partial charge >= 0.3 is 11.9 Å². The molecule has 0 N–H and O–H groups in total. The minimum absolute atomic E-state index is 0.217. The summed E-state index contributed by atoms with van der Waals surface area (Å²) in [4.78, 5) is 24.4. The van der Waals surface area contributed by atoms with E-state index in [0.717, 1.165) is 5.56 Å². The number of carbonyl (C=O) groups excluding carboxylic acids is 2. The van der Waals surface area contributed by atoms with Crippen LogP contribution in [0.25, 0.3) is 5.76 Å². The Morgan fingerprint density at radius 1 is 1.26 bits per heavy atom. The van der Waals surface area contributed by atoms with Crippen molar-refractivity contribution in [3.8, 4) is 0 Å². The van der Waals surface area contributed by atoms with Crippen LogP contribution < -0.4 is 0 Å². The highest BCUT2D eigenvalue weighted by atomic mass is 16.5. The van der Waals surface area contributed by atoms with Crippen LogP contribution in [-0.4, -0.2) is 25.7 Å². The lowest BCUT2D eigenvalue weighted by atomic mass is 9.78. The Kier molecular flexibility index (Phi) is 3.72. The average Bonchev–Trinajstić information content (AvgIpc) is 2.78. The number of hydrogen-bond donors (Lipinski definition) is 0. The van der Waals surface area contributed by atoms with Crippen molar-refractivity contribution >= 4 is 17.7 Å². The Morgan fingerprint density at radius 3 is 2.61 bits per heavy atom. The zero-order valence-electron chi connectivity index (χ0n) is 13.3. The van der Waals surface area contributed by atoms with Gasteiger partial charge in [0, 0.05) is 11.0 Å². The van der Waals surface area contributed by atoms with Gasteiger partial charge in [-0.05, 0) is 13.3 Å². The zero-order valence-corrected chi connectivity index (χ0v) is 13.3. The number of allylic oxidation sites excluding steroid dienone is 1. The molecule has 0 aliphatic carbocycles. The third-order valence-corrected chi connectivity index (χ3v) is 4.27. The van der Waals surface area contributed by atoms with Crippen LogP contribution in [0.2, 0.25) is 0 Å². The van der Waals surface area contributed by atoms with Crippen molar-refractivity contribution in [1.82, 2.24) is 0 Å². The minimum Gasteiger partial charge on any atom is -0.466 e. The smallest absolute Gasteiger partial charge is 0.338 e. The average molecular weight is 314 g/mol. The lowest BCUT2D eigenvalue weighted by Gasteiger charge is -2.21. The zero-order chi connectivity index (χ0) is 16.6. The fourth-order valence-electron chi connectivity index (χ4n) is 3.03. The van der Waals surface area contributed by atoms with Gasteiger partial charge in [0.2, 0.25) is 0 Å². The van der Waals surface area contributed by atoms with Gasteiger partial charge < -0.3 is 14.2 Å². The number of cyclic esters (lactones) is 1. The van der Waals surface area contributed by atoms with Crippen LogP contribution in [0.4, 0.5) is 0 Å². The van der Waals surface area contributed by atoms with Gasteiger partial charge in [0.05, 0.1) is 18.3 Å². The van der Waals surface area contributed by atoms with Gasteiger partial charge in [-0.15, -0.1) is 0 Å². The highest BCUT2D eigenvalue weighted by molar-refractivity contribution is 6.01. The first-order valence-electron chi connectivity index (χ1n) is 7.39. The number of hydrogen-bond acceptors (Lipinski definition) is 5. The van der Waals surface area contributed by atoms with Gasteiger partial charge in [-0.2, -0.15) is 0 Å². The molecule has 1 saturated heterocycles. The Bertz CT molecular complexity index is 729. The number of benzene rings is 1. The van der Waals surface area contributed by atoms with E-state index in [0.29, 0.717) is 29.1 Å². The third-order valence-electron chi connectivity index (χ3n) is 4.27. The number of fused-ring (bicyclic) bond motifs is 1. The molecule has 2 aliphatic heterocycles. The Hall–Kier alpha value is -2.56. The van der Waals surface area contributed by atoms with E-state index in [-0.39, 0.29) is 6.61 Å². The monoisotopic (exact) mass is 314 g/mol. The number of carbonyl (C=O) groups is 2. The van der Waals surface area contributed by atoms with Crippen molar-refractivity contribution < 1.29 is 23.8 Å². The van der Waals surface area contributed by atoms with Gasteiger partial charge in [0.25, 0.3) is 0 Å². The molecule has 2 aliphatic rings. The summed E-state index contributed by atoms with van der Waals surface area (Å²) in [5, 5.41) is 0. The fourth-order valence-corrected chi connectivity index (χ4v) is 3.03. The second-order valence-corrected chi connectivity index (χ2v) is 6.01. The van der Waals surface area contributed by atoms with Crippen LogP contribution in [-0.2, 0) is 23.8 Å².